The molecule has 3 heteroatoms. The molecule has 0 bridgehead atoms. The van der Waals surface area contributed by atoms with Crippen molar-refractivity contribution in [3.8, 4) is 11.1 Å². The fourth-order valence-corrected chi connectivity index (χ4v) is 3.73. The first-order valence-corrected chi connectivity index (χ1v) is 9.57. The van der Waals surface area contributed by atoms with E-state index < -0.39 is 0 Å². The summed E-state index contributed by atoms with van der Waals surface area (Å²) in [7, 11) is 0. The first-order chi connectivity index (χ1) is 13.6. The van der Waals surface area contributed by atoms with Crippen molar-refractivity contribution in [1.82, 2.24) is 0 Å². The van der Waals surface area contributed by atoms with E-state index in [1.54, 1.807) is 0 Å². The molecule has 0 saturated heterocycles. The van der Waals surface area contributed by atoms with E-state index >= 15 is 0 Å². The maximum atomic E-state index is 12.5. The molecule has 1 aliphatic rings. The van der Waals surface area contributed by atoms with Crippen LogP contribution >= 0.6 is 0 Å². The van der Waals surface area contributed by atoms with E-state index in [9.17, 15) is 9.59 Å². The zero-order valence-corrected chi connectivity index (χ0v) is 15.9. The van der Waals surface area contributed by atoms with Crippen molar-refractivity contribution < 1.29 is 14.3 Å². The number of carbonyl (C=O) groups excluding carboxylic acids is 2. The molecule has 0 saturated carbocycles. The Kier molecular flexibility index (Phi) is 5.07. The quantitative estimate of drug-likeness (QED) is 0.347. The van der Waals surface area contributed by atoms with Gasteiger partial charge < -0.3 is 4.74 Å². The van der Waals surface area contributed by atoms with Gasteiger partial charge in [-0.05, 0) is 46.2 Å². The second kappa shape index (κ2) is 7.81. The molecule has 0 radical (unpaired) electrons. The van der Waals surface area contributed by atoms with Crippen LogP contribution in [0.15, 0.2) is 72.8 Å². The molecule has 3 nitrogen and oxygen atoms in total. The zero-order chi connectivity index (χ0) is 19.5. The summed E-state index contributed by atoms with van der Waals surface area (Å²) in [6, 6.07) is 23.8. The number of esters is 1. The van der Waals surface area contributed by atoms with E-state index in [2.05, 4.69) is 12.1 Å². The third-order valence-electron chi connectivity index (χ3n) is 5.33. The molecule has 0 fully saturated rings. The molecule has 1 atom stereocenters. The summed E-state index contributed by atoms with van der Waals surface area (Å²) in [6.45, 7) is 1.76. The van der Waals surface area contributed by atoms with Crippen LogP contribution in [0.25, 0.3) is 11.1 Å². The van der Waals surface area contributed by atoms with Gasteiger partial charge in [0.2, 0.25) is 0 Å². The van der Waals surface area contributed by atoms with Gasteiger partial charge >= 0.3 is 5.97 Å². The van der Waals surface area contributed by atoms with E-state index in [1.807, 2.05) is 67.6 Å². The van der Waals surface area contributed by atoms with Crippen LogP contribution in [0.4, 0.5) is 0 Å². The van der Waals surface area contributed by atoms with Crippen LogP contribution < -0.4 is 0 Å². The molecule has 4 rings (SSSR count). The Bertz CT molecular complexity index is 1020. The molecule has 28 heavy (non-hydrogen) atoms. The number of ether oxygens (including phenoxy) is 1. The molecule has 0 unspecified atom stereocenters. The predicted octanol–water partition coefficient (Wildman–Crippen LogP) is 5.18. The minimum Gasteiger partial charge on any atom is -0.457 e. The summed E-state index contributed by atoms with van der Waals surface area (Å²) in [4.78, 5) is 24.7. The molecular formula is C25H22O3. The number of Topliss-reactive ketones (excluding diaryl/α,β-unsaturated/α-hetero) is 1. The van der Waals surface area contributed by atoms with Crippen LogP contribution in [-0.4, -0.2) is 18.4 Å². The van der Waals surface area contributed by atoms with Crippen molar-refractivity contribution >= 4 is 11.8 Å². The number of benzene rings is 3. The lowest BCUT2D eigenvalue weighted by atomic mass is 9.98. The number of ketones is 1. The number of hydrogen-bond donors (Lipinski definition) is 0. The maximum absolute atomic E-state index is 12.5. The minimum absolute atomic E-state index is 0.0558. The molecule has 3 aromatic rings. The zero-order valence-electron chi connectivity index (χ0n) is 15.9. The van der Waals surface area contributed by atoms with Gasteiger partial charge in [-0.1, -0.05) is 73.7 Å². The van der Waals surface area contributed by atoms with Crippen molar-refractivity contribution in [2.45, 2.75) is 25.7 Å². The molecule has 0 heterocycles. The lowest BCUT2D eigenvalue weighted by Gasteiger charge is -2.11. The normalized spacial score (nSPS) is 12.8. The van der Waals surface area contributed by atoms with E-state index in [4.69, 9.17) is 4.74 Å². The van der Waals surface area contributed by atoms with E-state index in [-0.39, 0.29) is 30.7 Å². The molecular weight excluding hydrogens is 348 g/mol. The maximum Gasteiger partial charge on any atom is 0.306 e. The number of rotatable bonds is 6. The minimum atomic E-state index is -0.351. The van der Waals surface area contributed by atoms with E-state index in [0.29, 0.717) is 5.56 Å². The SMILES string of the molecule is C[C@@H](CC(=O)OCC(=O)c1ccc2c(c1)-c1ccccc1C2)c1ccccc1. The van der Waals surface area contributed by atoms with Crippen LogP contribution in [0.1, 0.15) is 46.3 Å². The Balaban J connectivity index is 1.38. The summed E-state index contributed by atoms with van der Waals surface area (Å²) < 4.78 is 5.25. The fourth-order valence-electron chi connectivity index (χ4n) is 3.73. The Morgan fingerprint density at radius 3 is 2.43 bits per heavy atom. The average Bonchev–Trinajstić information content (AvgIpc) is 3.10. The highest BCUT2D eigenvalue weighted by Gasteiger charge is 2.20. The Hall–Kier alpha value is -3.20. The smallest absolute Gasteiger partial charge is 0.306 e. The number of fused-ring (bicyclic) bond motifs is 3. The van der Waals surface area contributed by atoms with Crippen LogP contribution in [0.3, 0.4) is 0 Å². The summed E-state index contributed by atoms with van der Waals surface area (Å²) >= 11 is 0. The van der Waals surface area contributed by atoms with Crippen molar-refractivity contribution in [1.29, 1.82) is 0 Å². The first kappa shape index (κ1) is 18.2. The standard InChI is InChI=1S/C25H22O3/c1-17(18-7-3-2-4-8-18)13-25(27)28-16-24(26)21-12-11-20-14-19-9-5-6-10-22(19)23(20)15-21/h2-12,15,17H,13-14,16H2,1H3/t17-/m0/s1. The Labute approximate surface area is 165 Å². The summed E-state index contributed by atoms with van der Waals surface area (Å²) in [6.07, 6.45) is 1.15. The van der Waals surface area contributed by atoms with Crippen LogP contribution in [0.5, 0.6) is 0 Å². The predicted molar refractivity (Wildman–Crippen MR) is 109 cm³/mol. The summed E-state index contributed by atoms with van der Waals surface area (Å²) in [5.41, 5.74) is 6.46. The highest BCUT2D eigenvalue weighted by molar-refractivity contribution is 5.99. The summed E-state index contributed by atoms with van der Waals surface area (Å²) in [5.74, 6) is -0.468. The molecule has 0 amide bonds. The van der Waals surface area contributed by atoms with Crippen LogP contribution in [0.2, 0.25) is 0 Å². The lowest BCUT2D eigenvalue weighted by Crippen LogP contribution is -2.15. The average molecular weight is 370 g/mol. The highest BCUT2D eigenvalue weighted by Crippen LogP contribution is 2.36. The molecule has 140 valence electrons. The van der Waals surface area contributed by atoms with Crippen molar-refractivity contribution in [3.05, 3.63) is 95.1 Å². The van der Waals surface area contributed by atoms with Crippen molar-refractivity contribution in [2.24, 2.45) is 0 Å². The molecule has 0 aromatic heterocycles. The van der Waals surface area contributed by atoms with Gasteiger partial charge in [0.15, 0.2) is 12.4 Å². The monoisotopic (exact) mass is 370 g/mol. The van der Waals surface area contributed by atoms with Gasteiger partial charge in [-0.15, -0.1) is 0 Å². The van der Waals surface area contributed by atoms with Gasteiger partial charge in [-0.3, -0.25) is 9.59 Å². The van der Waals surface area contributed by atoms with Gasteiger partial charge in [0, 0.05) is 5.56 Å². The molecule has 1 aliphatic carbocycles. The second-order valence-electron chi connectivity index (χ2n) is 7.31. The molecule has 0 aliphatic heterocycles. The Morgan fingerprint density at radius 2 is 1.61 bits per heavy atom. The largest absolute Gasteiger partial charge is 0.457 e. The van der Waals surface area contributed by atoms with Crippen molar-refractivity contribution in [2.75, 3.05) is 6.61 Å². The molecule has 0 N–H and O–H groups in total. The van der Waals surface area contributed by atoms with Crippen LogP contribution in [-0.2, 0) is 16.0 Å². The van der Waals surface area contributed by atoms with Crippen molar-refractivity contribution in [3.63, 3.8) is 0 Å². The van der Waals surface area contributed by atoms with Gasteiger partial charge in [-0.2, -0.15) is 0 Å². The summed E-state index contributed by atoms with van der Waals surface area (Å²) in [5, 5.41) is 0. The number of hydrogen-bond acceptors (Lipinski definition) is 3. The van der Waals surface area contributed by atoms with E-state index in [1.165, 1.54) is 16.7 Å². The number of carbonyl (C=O) groups is 2. The third kappa shape index (κ3) is 3.74. The highest BCUT2D eigenvalue weighted by atomic mass is 16.5. The lowest BCUT2D eigenvalue weighted by molar-refractivity contribution is -0.142. The molecule has 3 aromatic carbocycles. The van der Waals surface area contributed by atoms with Gasteiger partial charge in [0.1, 0.15) is 0 Å². The Morgan fingerprint density at radius 1 is 0.893 bits per heavy atom. The topological polar surface area (TPSA) is 43.4 Å². The van der Waals surface area contributed by atoms with Gasteiger partial charge in [0.05, 0.1) is 6.42 Å². The van der Waals surface area contributed by atoms with E-state index in [0.717, 1.165) is 17.5 Å². The third-order valence-corrected chi connectivity index (χ3v) is 5.33. The van der Waals surface area contributed by atoms with Crippen LogP contribution in [0, 0.1) is 0 Å². The molecule has 0 spiro atoms. The van der Waals surface area contributed by atoms with Gasteiger partial charge in [0.25, 0.3) is 0 Å². The fraction of sp³-hybridized carbons (Fsp3) is 0.200. The first-order valence-electron chi connectivity index (χ1n) is 9.57. The second-order valence-corrected chi connectivity index (χ2v) is 7.31. The van der Waals surface area contributed by atoms with Gasteiger partial charge in [-0.25, -0.2) is 0 Å².